The van der Waals surface area contributed by atoms with E-state index in [-0.39, 0.29) is 0 Å². The number of methoxy groups -OCH3 is 1. The van der Waals surface area contributed by atoms with Crippen LogP contribution >= 0.6 is 0 Å². The summed E-state index contributed by atoms with van der Waals surface area (Å²) in [6.07, 6.45) is 0. The normalized spacial score (nSPS) is 10.6. The molecule has 0 saturated carbocycles. The van der Waals surface area contributed by atoms with E-state index in [0.29, 0.717) is 12.4 Å². The molecule has 5 nitrogen and oxygen atoms in total. The molecule has 2 aromatic carbocycles. The van der Waals surface area contributed by atoms with Gasteiger partial charge in [-0.3, -0.25) is 0 Å². The van der Waals surface area contributed by atoms with Gasteiger partial charge in [0.2, 0.25) is 5.82 Å². The lowest BCUT2D eigenvalue weighted by molar-refractivity contribution is 0.405. The third-order valence-corrected chi connectivity index (χ3v) is 3.23. The van der Waals surface area contributed by atoms with Crippen LogP contribution in [0.25, 0.3) is 11.4 Å². The molecule has 0 aliphatic carbocycles. The zero-order chi connectivity index (χ0) is 14.7. The van der Waals surface area contributed by atoms with Crippen molar-refractivity contribution < 1.29 is 4.74 Å². The number of hydrogen-bond acceptors (Lipinski definition) is 4. The van der Waals surface area contributed by atoms with E-state index in [1.807, 2.05) is 49.4 Å². The van der Waals surface area contributed by atoms with Crippen LogP contribution in [0, 0.1) is 6.92 Å². The van der Waals surface area contributed by atoms with E-state index in [2.05, 4.69) is 21.5 Å². The summed E-state index contributed by atoms with van der Waals surface area (Å²) in [4.78, 5) is 1.58. The largest absolute Gasteiger partial charge is 0.496 e. The van der Waals surface area contributed by atoms with Gasteiger partial charge < -0.3 is 4.74 Å². The van der Waals surface area contributed by atoms with Crippen molar-refractivity contribution in [1.29, 1.82) is 0 Å². The summed E-state index contributed by atoms with van der Waals surface area (Å²) in [5.74, 6) is 1.46. The molecule has 0 N–H and O–H groups in total. The van der Waals surface area contributed by atoms with Crippen molar-refractivity contribution >= 4 is 0 Å². The van der Waals surface area contributed by atoms with Gasteiger partial charge in [0, 0.05) is 11.1 Å². The van der Waals surface area contributed by atoms with Crippen LogP contribution in [0.15, 0.2) is 48.5 Å². The molecule has 106 valence electrons. The van der Waals surface area contributed by atoms with Crippen LogP contribution in [-0.4, -0.2) is 27.3 Å². The standard InChI is InChI=1S/C16H16N4O/c1-12-8-9-15(21-2)14(10-12)11-20-18-16(17-19-20)13-6-4-3-5-7-13/h3-10H,11H2,1-2H3. The highest BCUT2D eigenvalue weighted by atomic mass is 16.5. The summed E-state index contributed by atoms with van der Waals surface area (Å²) in [7, 11) is 1.67. The van der Waals surface area contributed by atoms with Crippen LogP contribution in [0.1, 0.15) is 11.1 Å². The predicted octanol–water partition coefficient (Wildman–Crippen LogP) is 2.71. The topological polar surface area (TPSA) is 52.8 Å². The molecular weight excluding hydrogens is 264 g/mol. The molecule has 0 amide bonds. The summed E-state index contributed by atoms with van der Waals surface area (Å²) in [5.41, 5.74) is 3.17. The first-order chi connectivity index (χ1) is 10.3. The van der Waals surface area contributed by atoms with Crippen LogP contribution in [0.2, 0.25) is 0 Å². The van der Waals surface area contributed by atoms with Crippen LogP contribution in [0.3, 0.4) is 0 Å². The lowest BCUT2D eigenvalue weighted by atomic mass is 10.1. The maximum absolute atomic E-state index is 5.37. The number of aromatic nitrogens is 4. The van der Waals surface area contributed by atoms with E-state index >= 15 is 0 Å². The van der Waals surface area contributed by atoms with Crippen LogP contribution in [0.5, 0.6) is 5.75 Å². The van der Waals surface area contributed by atoms with E-state index in [1.54, 1.807) is 11.9 Å². The number of ether oxygens (including phenoxy) is 1. The highest BCUT2D eigenvalue weighted by Crippen LogP contribution is 2.20. The van der Waals surface area contributed by atoms with Gasteiger partial charge in [-0.05, 0) is 18.2 Å². The zero-order valence-corrected chi connectivity index (χ0v) is 12.0. The Morgan fingerprint density at radius 3 is 2.67 bits per heavy atom. The van der Waals surface area contributed by atoms with Gasteiger partial charge in [-0.25, -0.2) is 0 Å². The zero-order valence-electron chi connectivity index (χ0n) is 12.0. The SMILES string of the molecule is COc1ccc(C)cc1Cn1nnc(-c2ccccc2)n1. The summed E-state index contributed by atoms with van der Waals surface area (Å²) < 4.78 is 5.37. The van der Waals surface area contributed by atoms with Gasteiger partial charge in [0.25, 0.3) is 0 Å². The molecule has 1 aromatic heterocycles. The van der Waals surface area contributed by atoms with Crippen molar-refractivity contribution in [1.82, 2.24) is 20.2 Å². The second kappa shape index (κ2) is 5.75. The van der Waals surface area contributed by atoms with E-state index in [9.17, 15) is 0 Å². The third-order valence-electron chi connectivity index (χ3n) is 3.23. The third kappa shape index (κ3) is 2.91. The molecule has 0 saturated heterocycles. The van der Waals surface area contributed by atoms with Gasteiger partial charge in [-0.2, -0.15) is 4.80 Å². The summed E-state index contributed by atoms with van der Waals surface area (Å²) in [6.45, 7) is 2.58. The second-order valence-electron chi connectivity index (χ2n) is 4.82. The van der Waals surface area contributed by atoms with Gasteiger partial charge >= 0.3 is 0 Å². The Morgan fingerprint density at radius 1 is 1.10 bits per heavy atom. The quantitative estimate of drug-likeness (QED) is 0.737. The Hall–Kier alpha value is -2.69. The molecule has 0 atom stereocenters. The van der Waals surface area contributed by atoms with Gasteiger partial charge in [0.1, 0.15) is 5.75 Å². The van der Waals surface area contributed by atoms with Crippen LogP contribution < -0.4 is 4.74 Å². The molecule has 0 unspecified atom stereocenters. The molecule has 0 bridgehead atoms. The Labute approximate surface area is 123 Å². The van der Waals surface area contributed by atoms with Crippen molar-refractivity contribution in [3.8, 4) is 17.1 Å². The minimum Gasteiger partial charge on any atom is -0.496 e. The predicted molar refractivity (Wildman–Crippen MR) is 80.1 cm³/mol. The van der Waals surface area contributed by atoms with Crippen LogP contribution in [-0.2, 0) is 6.54 Å². The molecule has 0 radical (unpaired) electrons. The Kier molecular flexibility index (Phi) is 3.64. The molecule has 3 aromatic rings. The molecule has 21 heavy (non-hydrogen) atoms. The fourth-order valence-corrected chi connectivity index (χ4v) is 2.20. The van der Waals surface area contributed by atoms with Crippen molar-refractivity contribution in [3.63, 3.8) is 0 Å². The van der Waals surface area contributed by atoms with Crippen molar-refractivity contribution in [2.45, 2.75) is 13.5 Å². The van der Waals surface area contributed by atoms with E-state index in [4.69, 9.17) is 4.74 Å². The number of aryl methyl sites for hydroxylation is 1. The average Bonchev–Trinajstić information content (AvgIpc) is 2.97. The van der Waals surface area contributed by atoms with Crippen molar-refractivity contribution in [2.75, 3.05) is 7.11 Å². The lowest BCUT2D eigenvalue weighted by Crippen LogP contribution is -2.06. The van der Waals surface area contributed by atoms with E-state index < -0.39 is 0 Å². The first kappa shape index (κ1) is 13.3. The number of rotatable bonds is 4. The molecule has 5 heteroatoms. The first-order valence-corrected chi connectivity index (χ1v) is 6.73. The molecule has 1 heterocycles. The maximum atomic E-state index is 5.37. The molecule has 3 rings (SSSR count). The minimum atomic E-state index is 0.532. The van der Waals surface area contributed by atoms with E-state index in [0.717, 1.165) is 16.9 Å². The smallest absolute Gasteiger partial charge is 0.204 e. The Morgan fingerprint density at radius 2 is 1.90 bits per heavy atom. The highest BCUT2D eigenvalue weighted by Gasteiger charge is 2.09. The van der Waals surface area contributed by atoms with Gasteiger partial charge in [-0.1, -0.05) is 48.0 Å². The number of hydrogen-bond donors (Lipinski definition) is 0. The fourth-order valence-electron chi connectivity index (χ4n) is 2.20. The number of benzene rings is 2. The first-order valence-electron chi connectivity index (χ1n) is 6.73. The highest BCUT2D eigenvalue weighted by molar-refractivity contribution is 5.53. The minimum absolute atomic E-state index is 0.532. The van der Waals surface area contributed by atoms with Gasteiger partial charge in [-0.15, -0.1) is 10.2 Å². The molecule has 0 fully saturated rings. The molecule has 0 aliphatic heterocycles. The molecule has 0 aliphatic rings. The summed E-state index contributed by atoms with van der Waals surface area (Å²) in [6, 6.07) is 15.9. The van der Waals surface area contributed by atoms with Gasteiger partial charge in [0.05, 0.1) is 13.7 Å². The van der Waals surface area contributed by atoms with Gasteiger partial charge in [0.15, 0.2) is 0 Å². The summed E-state index contributed by atoms with van der Waals surface area (Å²) in [5, 5.41) is 12.6. The number of nitrogens with zero attached hydrogens (tertiary/aromatic N) is 4. The number of tetrazole rings is 1. The lowest BCUT2D eigenvalue weighted by Gasteiger charge is -2.08. The fraction of sp³-hybridized carbons (Fsp3) is 0.188. The van der Waals surface area contributed by atoms with Crippen LogP contribution in [0.4, 0.5) is 0 Å². The average molecular weight is 280 g/mol. The molecule has 0 spiro atoms. The molecular formula is C16H16N4O. The monoisotopic (exact) mass is 280 g/mol. The van der Waals surface area contributed by atoms with Crippen molar-refractivity contribution in [2.24, 2.45) is 0 Å². The Balaban J connectivity index is 1.87. The van der Waals surface area contributed by atoms with Crippen molar-refractivity contribution in [3.05, 3.63) is 59.7 Å². The van der Waals surface area contributed by atoms with E-state index in [1.165, 1.54) is 5.56 Å². The Bertz CT molecular complexity index is 737. The second-order valence-corrected chi connectivity index (χ2v) is 4.82. The maximum Gasteiger partial charge on any atom is 0.204 e. The summed E-state index contributed by atoms with van der Waals surface area (Å²) >= 11 is 0.